The van der Waals surface area contributed by atoms with Crippen LogP contribution < -0.4 is 0 Å². The average molecular weight is 319 g/mol. The van der Waals surface area contributed by atoms with Gasteiger partial charge in [-0.2, -0.15) is 4.31 Å². The maximum absolute atomic E-state index is 12.8. The van der Waals surface area contributed by atoms with Gasteiger partial charge in [0.05, 0.1) is 30.4 Å². The van der Waals surface area contributed by atoms with E-state index in [1.807, 2.05) is 0 Å². The van der Waals surface area contributed by atoms with Crippen LogP contribution in [-0.2, 0) is 19.6 Å². The summed E-state index contributed by atoms with van der Waals surface area (Å²) in [5.74, 6) is -1.03. The Morgan fingerprint density at radius 2 is 1.81 bits per heavy atom. The van der Waals surface area contributed by atoms with Gasteiger partial charge in [0.15, 0.2) is 0 Å². The smallest absolute Gasteiger partial charge is 0.310 e. The highest BCUT2D eigenvalue weighted by atomic mass is 32.2. The molecule has 2 aliphatic rings. The zero-order chi connectivity index (χ0) is 15.6. The van der Waals surface area contributed by atoms with Crippen molar-refractivity contribution in [3.63, 3.8) is 0 Å². The summed E-state index contributed by atoms with van der Waals surface area (Å²) in [5.41, 5.74) is 0. The lowest BCUT2D eigenvalue weighted by atomic mass is 9.93. The Hall–Kier alpha value is -0.660. The van der Waals surface area contributed by atoms with Crippen LogP contribution in [-0.4, -0.2) is 55.4 Å². The minimum atomic E-state index is -3.60. The minimum Gasteiger partial charge on any atom is -0.469 e. The summed E-state index contributed by atoms with van der Waals surface area (Å²) >= 11 is 0. The molecule has 0 bridgehead atoms. The van der Waals surface area contributed by atoms with Crippen molar-refractivity contribution in [3.8, 4) is 0 Å². The van der Waals surface area contributed by atoms with Crippen LogP contribution in [0.3, 0.4) is 0 Å². The van der Waals surface area contributed by atoms with E-state index in [1.165, 1.54) is 18.5 Å². The molecule has 4 unspecified atom stereocenters. The highest BCUT2D eigenvalue weighted by molar-refractivity contribution is 7.89. The number of ether oxygens (including phenoxy) is 1. The maximum atomic E-state index is 12.8. The first-order valence-corrected chi connectivity index (χ1v) is 9.12. The summed E-state index contributed by atoms with van der Waals surface area (Å²) in [6, 6.07) is -0.373. The Balaban J connectivity index is 2.18. The van der Waals surface area contributed by atoms with Gasteiger partial charge in [0.25, 0.3) is 0 Å². The van der Waals surface area contributed by atoms with E-state index in [1.54, 1.807) is 0 Å². The second-order valence-corrected chi connectivity index (χ2v) is 8.29. The van der Waals surface area contributed by atoms with E-state index < -0.39 is 33.3 Å². The van der Waals surface area contributed by atoms with Gasteiger partial charge in [0.2, 0.25) is 10.0 Å². The molecule has 21 heavy (non-hydrogen) atoms. The molecule has 2 fully saturated rings. The zero-order valence-corrected chi connectivity index (χ0v) is 13.5. The number of esters is 1. The summed E-state index contributed by atoms with van der Waals surface area (Å²) in [6.45, 7) is 0. The first kappa shape index (κ1) is 16.7. The molecule has 2 rings (SSSR count). The predicted molar refractivity (Wildman–Crippen MR) is 78.1 cm³/mol. The first-order valence-electron chi connectivity index (χ1n) is 7.62. The van der Waals surface area contributed by atoms with Crippen molar-refractivity contribution in [2.45, 2.75) is 62.3 Å². The molecule has 2 aliphatic carbocycles. The van der Waals surface area contributed by atoms with Crippen LogP contribution in [0.25, 0.3) is 0 Å². The number of rotatable bonds is 4. The number of carbonyl (C=O) groups excluding carboxylic acids is 1. The fourth-order valence-electron chi connectivity index (χ4n) is 3.62. The van der Waals surface area contributed by atoms with Crippen molar-refractivity contribution in [1.82, 2.24) is 4.31 Å². The number of carbonyl (C=O) groups is 1. The van der Waals surface area contributed by atoms with Gasteiger partial charge in [-0.15, -0.1) is 0 Å². The molecule has 2 saturated carbocycles. The molecule has 0 spiro atoms. The van der Waals surface area contributed by atoms with E-state index in [-0.39, 0.29) is 6.04 Å². The summed E-state index contributed by atoms with van der Waals surface area (Å²) < 4.78 is 31.7. The van der Waals surface area contributed by atoms with Gasteiger partial charge in [-0.3, -0.25) is 4.79 Å². The molecule has 0 radical (unpaired) electrons. The lowest BCUT2D eigenvalue weighted by Crippen LogP contribution is -2.50. The third-order valence-corrected chi connectivity index (χ3v) is 7.30. The van der Waals surface area contributed by atoms with Crippen LogP contribution in [0.2, 0.25) is 0 Å². The SMILES string of the molecule is COC(=O)C1CCCC1S(=O)(=O)N(C)C1CCCCC1O. The maximum Gasteiger partial charge on any atom is 0.310 e. The number of methoxy groups -OCH3 is 1. The van der Waals surface area contributed by atoms with E-state index in [4.69, 9.17) is 4.74 Å². The van der Waals surface area contributed by atoms with Crippen molar-refractivity contribution in [3.05, 3.63) is 0 Å². The third-order valence-electron chi connectivity index (χ3n) is 4.90. The van der Waals surface area contributed by atoms with E-state index in [9.17, 15) is 18.3 Å². The molecule has 0 aliphatic heterocycles. The summed E-state index contributed by atoms with van der Waals surface area (Å²) in [5, 5.41) is 9.35. The first-order chi connectivity index (χ1) is 9.89. The van der Waals surface area contributed by atoms with Gasteiger partial charge >= 0.3 is 5.97 Å². The molecule has 0 amide bonds. The second-order valence-electron chi connectivity index (χ2n) is 6.08. The molecule has 7 heteroatoms. The van der Waals surface area contributed by atoms with Crippen molar-refractivity contribution in [2.75, 3.05) is 14.2 Å². The van der Waals surface area contributed by atoms with E-state index in [0.29, 0.717) is 32.1 Å². The standard InChI is InChI=1S/C14H25NO5S/c1-15(11-7-3-4-8-12(11)16)21(18,19)13-9-5-6-10(13)14(17)20-2/h10-13,16H,3-9H2,1-2H3. The van der Waals surface area contributed by atoms with E-state index >= 15 is 0 Å². The van der Waals surface area contributed by atoms with Crippen molar-refractivity contribution >= 4 is 16.0 Å². The largest absolute Gasteiger partial charge is 0.469 e. The van der Waals surface area contributed by atoms with Crippen molar-refractivity contribution in [1.29, 1.82) is 0 Å². The number of aliphatic hydroxyl groups is 1. The summed E-state index contributed by atoms with van der Waals surface area (Å²) in [6.07, 6.45) is 4.29. The summed E-state index contributed by atoms with van der Waals surface area (Å²) in [7, 11) is -0.783. The van der Waals surface area contributed by atoms with Crippen LogP contribution in [0.15, 0.2) is 0 Å². The van der Waals surface area contributed by atoms with Crippen molar-refractivity contribution in [2.24, 2.45) is 5.92 Å². The molecule has 4 atom stereocenters. The number of aliphatic hydroxyl groups excluding tert-OH is 1. The highest BCUT2D eigenvalue weighted by Gasteiger charge is 2.46. The molecule has 6 nitrogen and oxygen atoms in total. The van der Waals surface area contributed by atoms with Gasteiger partial charge in [-0.1, -0.05) is 19.3 Å². The Kier molecular flexibility index (Phi) is 5.27. The molecule has 0 aromatic carbocycles. The van der Waals surface area contributed by atoms with Crippen molar-refractivity contribution < 1.29 is 23.1 Å². The minimum absolute atomic E-state index is 0.373. The number of hydrogen-bond donors (Lipinski definition) is 1. The van der Waals surface area contributed by atoms with Crippen LogP contribution >= 0.6 is 0 Å². The number of sulfonamides is 1. The lowest BCUT2D eigenvalue weighted by Gasteiger charge is -2.36. The highest BCUT2D eigenvalue weighted by Crippen LogP contribution is 2.35. The van der Waals surface area contributed by atoms with Gasteiger partial charge in [-0.05, 0) is 25.7 Å². The fourth-order valence-corrected chi connectivity index (χ4v) is 5.80. The molecule has 0 aromatic rings. The molecule has 0 aromatic heterocycles. The van der Waals surface area contributed by atoms with Crippen LogP contribution in [0.5, 0.6) is 0 Å². The van der Waals surface area contributed by atoms with Gasteiger partial charge < -0.3 is 9.84 Å². The Morgan fingerprint density at radius 1 is 1.14 bits per heavy atom. The zero-order valence-electron chi connectivity index (χ0n) is 12.7. The van der Waals surface area contributed by atoms with Gasteiger partial charge in [-0.25, -0.2) is 8.42 Å². The monoisotopic (exact) mass is 319 g/mol. The molecule has 1 N–H and O–H groups in total. The topological polar surface area (TPSA) is 83.9 Å². The molecular weight excluding hydrogens is 294 g/mol. The van der Waals surface area contributed by atoms with E-state index in [0.717, 1.165) is 12.8 Å². The second kappa shape index (κ2) is 6.62. The molecule has 0 heterocycles. The van der Waals surface area contributed by atoms with E-state index in [2.05, 4.69) is 0 Å². The lowest BCUT2D eigenvalue weighted by molar-refractivity contribution is -0.145. The van der Waals surface area contributed by atoms with Crippen LogP contribution in [0.4, 0.5) is 0 Å². The summed E-state index contributed by atoms with van der Waals surface area (Å²) in [4.78, 5) is 11.8. The molecule has 0 saturated heterocycles. The van der Waals surface area contributed by atoms with Crippen LogP contribution in [0, 0.1) is 5.92 Å². The molecule has 122 valence electrons. The van der Waals surface area contributed by atoms with Gasteiger partial charge in [0, 0.05) is 7.05 Å². The Labute approximate surface area is 126 Å². The normalized spacial score (nSPS) is 34.1. The predicted octanol–water partition coefficient (Wildman–Crippen LogP) is 0.893. The number of nitrogens with zero attached hydrogens (tertiary/aromatic N) is 1. The Morgan fingerprint density at radius 3 is 2.43 bits per heavy atom. The van der Waals surface area contributed by atoms with Crippen LogP contribution in [0.1, 0.15) is 44.9 Å². The fraction of sp³-hybridized carbons (Fsp3) is 0.929. The Bertz CT molecular complexity index is 478. The number of hydrogen-bond acceptors (Lipinski definition) is 5. The third kappa shape index (κ3) is 3.24. The molecular formula is C14H25NO5S. The van der Waals surface area contributed by atoms with Gasteiger partial charge in [0.1, 0.15) is 0 Å². The quantitative estimate of drug-likeness (QED) is 0.778. The number of likely N-dealkylation sites (N-methyl/N-ethyl adjacent to an activating group) is 1. The average Bonchev–Trinajstić information content (AvgIpc) is 2.96.